The first-order chi connectivity index (χ1) is 5.31. The third-order valence-corrected chi connectivity index (χ3v) is 1.47. The molecule has 0 aromatic heterocycles. The number of thioether (sulfide) groups is 1. The van der Waals surface area contributed by atoms with Crippen molar-refractivity contribution in [3.8, 4) is 0 Å². The third kappa shape index (κ3) is 7.40. The van der Waals surface area contributed by atoms with Gasteiger partial charge in [-0.15, -0.1) is 0 Å². The quantitative estimate of drug-likeness (QED) is 0.664. The van der Waals surface area contributed by atoms with Gasteiger partial charge in [0.15, 0.2) is 0 Å². The lowest BCUT2D eigenvalue weighted by Gasteiger charge is -2.18. The number of hydrogen-bond donors (Lipinski definition) is 1. The van der Waals surface area contributed by atoms with Gasteiger partial charge in [0.2, 0.25) is 5.91 Å². The van der Waals surface area contributed by atoms with Crippen molar-refractivity contribution >= 4 is 23.0 Å². The lowest BCUT2D eigenvalue weighted by atomic mass is 10.2. The lowest BCUT2D eigenvalue weighted by molar-refractivity contribution is -0.115. The van der Waals surface area contributed by atoms with Crippen molar-refractivity contribution in [1.82, 2.24) is 0 Å². The molecule has 2 N–H and O–H groups in total. The van der Waals surface area contributed by atoms with Gasteiger partial charge in [-0.05, 0) is 32.5 Å². The van der Waals surface area contributed by atoms with Gasteiger partial charge in [-0.2, -0.15) is 0 Å². The van der Waals surface area contributed by atoms with E-state index in [0.717, 1.165) is 11.8 Å². The van der Waals surface area contributed by atoms with Crippen LogP contribution in [0.1, 0.15) is 20.8 Å². The second-order valence-corrected chi connectivity index (χ2v) is 4.13. The molecule has 0 aliphatic carbocycles. The van der Waals surface area contributed by atoms with Crippen LogP contribution in [0.4, 0.5) is 4.79 Å². The molecule has 0 aromatic rings. The number of carbonyl (C=O) groups excluding carboxylic acids is 2. The number of hydrogen-bond acceptors (Lipinski definition) is 4. The summed E-state index contributed by atoms with van der Waals surface area (Å²) in [4.78, 5) is 21.2. The number of amides is 1. The van der Waals surface area contributed by atoms with Crippen LogP contribution in [0.25, 0.3) is 0 Å². The third-order valence-electron chi connectivity index (χ3n) is 0.722. The molecule has 0 atom stereocenters. The number of nitrogens with two attached hydrogens (primary N) is 1. The maximum atomic E-state index is 10.9. The fraction of sp³-hybridized carbons (Fsp3) is 0.714. The number of ether oxygens (including phenoxy) is 1. The summed E-state index contributed by atoms with van der Waals surface area (Å²) in [7, 11) is 0. The van der Waals surface area contributed by atoms with Crippen LogP contribution in [0.2, 0.25) is 0 Å². The van der Waals surface area contributed by atoms with Crippen molar-refractivity contribution in [2.45, 2.75) is 26.4 Å². The topological polar surface area (TPSA) is 69.4 Å². The Balaban J connectivity index is 3.68. The normalized spacial score (nSPS) is 10.9. The van der Waals surface area contributed by atoms with E-state index in [4.69, 9.17) is 10.5 Å². The molecule has 4 nitrogen and oxygen atoms in total. The summed E-state index contributed by atoms with van der Waals surface area (Å²) in [6.45, 7) is 5.28. The summed E-state index contributed by atoms with van der Waals surface area (Å²) in [6.07, 6.45) is 0. The first-order valence-corrected chi connectivity index (χ1v) is 4.44. The molecular weight excluding hydrogens is 178 g/mol. The van der Waals surface area contributed by atoms with Crippen molar-refractivity contribution in [3.05, 3.63) is 0 Å². The lowest BCUT2D eigenvalue weighted by Crippen LogP contribution is -2.23. The van der Waals surface area contributed by atoms with E-state index in [9.17, 15) is 9.59 Å². The fourth-order valence-corrected chi connectivity index (χ4v) is 0.979. The summed E-state index contributed by atoms with van der Waals surface area (Å²) in [5.74, 6) is -0.555. The summed E-state index contributed by atoms with van der Waals surface area (Å²) >= 11 is 0.776. The molecule has 0 heterocycles. The van der Waals surface area contributed by atoms with Crippen LogP contribution >= 0.6 is 11.8 Å². The Morgan fingerprint density at radius 1 is 1.42 bits per heavy atom. The molecule has 0 unspecified atom stereocenters. The summed E-state index contributed by atoms with van der Waals surface area (Å²) in [5.41, 5.74) is 4.32. The van der Waals surface area contributed by atoms with Gasteiger partial charge in [-0.1, -0.05) is 0 Å². The zero-order valence-electron chi connectivity index (χ0n) is 7.42. The van der Waals surface area contributed by atoms with Gasteiger partial charge in [0, 0.05) is 0 Å². The molecule has 0 rings (SSSR count). The first-order valence-electron chi connectivity index (χ1n) is 3.45. The van der Waals surface area contributed by atoms with Crippen LogP contribution in [0.5, 0.6) is 0 Å². The Kier molecular flexibility index (Phi) is 4.09. The van der Waals surface area contributed by atoms with Crippen molar-refractivity contribution in [3.63, 3.8) is 0 Å². The zero-order chi connectivity index (χ0) is 9.78. The molecule has 0 radical (unpaired) electrons. The zero-order valence-corrected chi connectivity index (χ0v) is 8.23. The Morgan fingerprint density at radius 3 is 2.25 bits per heavy atom. The molecule has 0 aliphatic rings. The predicted molar refractivity (Wildman–Crippen MR) is 47.9 cm³/mol. The van der Waals surface area contributed by atoms with Gasteiger partial charge in [-0.3, -0.25) is 4.79 Å². The summed E-state index contributed by atoms with van der Waals surface area (Å²) < 4.78 is 4.90. The van der Waals surface area contributed by atoms with Gasteiger partial charge < -0.3 is 10.5 Å². The average molecular weight is 191 g/mol. The molecule has 0 saturated heterocycles. The van der Waals surface area contributed by atoms with Crippen LogP contribution in [0, 0.1) is 0 Å². The Morgan fingerprint density at radius 2 is 1.92 bits per heavy atom. The molecule has 0 aromatic carbocycles. The standard InChI is InChI=1S/C7H13NO3S/c1-7(2,3)11-6(10)12-4-5(8)9/h4H2,1-3H3,(H2,8,9). The number of carbonyl (C=O) groups is 2. The Bertz CT molecular complexity index is 186. The van der Waals surface area contributed by atoms with E-state index in [0.29, 0.717) is 0 Å². The highest BCUT2D eigenvalue weighted by atomic mass is 32.2. The second-order valence-electron chi connectivity index (χ2n) is 3.22. The largest absolute Gasteiger partial charge is 0.452 e. The van der Waals surface area contributed by atoms with Gasteiger partial charge in [0.25, 0.3) is 0 Å². The Hall–Kier alpha value is -0.710. The number of primary amides is 1. The highest BCUT2D eigenvalue weighted by Gasteiger charge is 2.16. The predicted octanol–water partition coefficient (Wildman–Crippen LogP) is 1.14. The van der Waals surface area contributed by atoms with Crippen LogP contribution in [0.3, 0.4) is 0 Å². The molecule has 12 heavy (non-hydrogen) atoms. The van der Waals surface area contributed by atoms with Crippen LogP contribution in [-0.4, -0.2) is 22.6 Å². The maximum absolute atomic E-state index is 10.9. The second kappa shape index (κ2) is 4.35. The molecule has 0 spiro atoms. The van der Waals surface area contributed by atoms with Gasteiger partial charge in [-0.25, -0.2) is 4.79 Å². The van der Waals surface area contributed by atoms with Crippen LogP contribution in [-0.2, 0) is 9.53 Å². The highest BCUT2D eigenvalue weighted by Crippen LogP contribution is 2.13. The monoisotopic (exact) mass is 191 g/mol. The maximum Gasteiger partial charge on any atom is 0.368 e. The van der Waals surface area contributed by atoms with E-state index in [1.165, 1.54) is 0 Å². The molecule has 70 valence electrons. The molecule has 0 bridgehead atoms. The van der Waals surface area contributed by atoms with Crippen molar-refractivity contribution in [2.75, 3.05) is 5.75 Å². The first kappa shape index (κ1) is 11.3. The van der Waals surface area contributed by atoms with E-state index in [1.807, 2.05) is 0 Å². The van der Waals surface area contributed by atoms with Crippen LogP contribution < -0.4 is 5.73 Å². The molecule has 0 fully saturated rings. The Labute approximate surface area is 75.8 Å². The fourth-order valence-electron chi connectivity index (χ4n) is 0.410. The van der Waals surface area contributed by atoms with Crippen molar-refractivity contribution in [2.24, 2.45) is 5.73 Å². The molecule has 5 heteroatoms. The SMILES string of the molecule is CC(C)(C)OC(=O)SCC(N)=O. The smallest absolute Gasteiger partial charge is 0.368 e. The van der Waals surface area contributed by atoms with E-state index in [1.54, 1.807) is 20.8 Å². The molecule has 1 amide bonds. The van der Waals surface area contributed by atoms with E-state index >= 15 is 0 Å². The molecule has 0 saturated carbocycles. The minimum Gasteiger partial charge on any atom is -0.452 e. The van der Waals surface area contributed by atoms with Gasteiger partial charge in [0.1, 0.15) is 5.60 Å². The van der Waals surface area contributed by atoms with E-state index in [-0.39, 0.29) is 5.75 Å². The van der Waals surface area contributed by atoms with Crippen LogP contribution in [0.15, 0.2) is 0 Å². The highest BCUT2D eigenvalue weighted by molar-refractivity contribution is 8.13. The minimum atomic E-state index is -0.522. The van der Waals surface area contributed by atoms with Gasteiger partial charge in [0.05, 0.1) is 5.75 Å². The van der Waals surface area contributed by atoms with E-state index < -0.39 is 16.8 Å². The summed E-state index contributed by atoms with van der Waals surface area (Å²) in [5, 5.41) is -0.471. The number of rotatable bonds is 2. The van der Waals surface area contributed by atoms with Crippen molar-refractivity contribution in [1.29, 1.82) is 0 Å². The average Bonchev–Trinajstić information content (AvgIpc) is 1.79. The van der Waals surface area contributed by atoms with Crippen molar-refractivity contribution < 1.29 is 14.3 Å². The van der Waals surface area contributed by atoms with E-state index in [2.05, 4.69) is 0 Å². The van der Waals surface area contributed by atoms with Gasteiger partial charge >= 0.3 is 5.30 Å². The molecular formula is C7H13NO3S. The minimum absolute atomic E-state index is 0.0328. The molecule has 0 aliphatic heterocycles. The summed E-state index contributed by atoms with van der Waals surface area (Å²) in [6, 6.07) is 0.